The first-order valence-electron chi connectivity index (χ1n) is 8.00. The SMILES string of the molecule is O=c1[nH]c(=S)[nH]c2nc(-c3ccc([N+](=O)[O-])cc3)cc(-c3ccccc3)c12. The average Bonchev–Trinajstić information content (AvgIpc) is 2.67. The zero-order valence-corrected chi connectivity index (χ0v) is 14.6. The fourth-order valence-electron chi connectivity index (χ4n) is 2.92. The average molecular weight is 376 g/mol. The van der Waals surface area contributed by atoms with E-state index in [1.54, 1.807) is 18.2 Å². The van der Waals surface area contributed by atoms with E-state index in [9.17, 15) is 14.9 Å². The Morgan fingerprint density at radius 1 is 0.963 bits per heavy atom. The van der Waals surface area contributed by atoms with E-state index < -0.39 is 4.92 Å². The number of non-ortho nitro benzene ring substituents is 1. The minimum absolute atomic E-state index is 0.00123. The second kappa shape index (κ2) is 6.58. The molecule has 132 valence electrons. The zero-order valence-electron chi connectivity index (χ0n) is 13.8. The molecule has 2 N–H and O–H groups in total. The number of aromatic amines is 2. The summed E-state index contributed by atoms with van der Waals surface area (Å²) in [6, 6.07) is 17.3. The van der Waals surface area contributed by atoms with Crippen molar-refractivity contribution in [3.63, 3.8) is 0 Å². The fraction of sp³-hybridized carbons (Fsp3) is 0. The van der Waals surface area contributed by atoms with Gasteiger partial charge in [0.15, 0.2) is 4.77 Å². The van der Waals surface area contributed by atoms with E-state index in [-0.39, 0.29) is 16.0 Å². The van der Waals surface area contributed by atoms with Gasteiger partial charge < -0.3 is 4.98 Å². The Morgan fingerprint density at radius 2 is 1.67 bits per heavy atom. The van der Waals surface area contributed by atoms with Gasteiger partial charge in [-0.1, -0.05) is 30.3 Å². The smallest absolute Gasteiger partial charge is 0.269 e. The van der Waals surface area contributed by atoms with Crippen LogP contribution in [-0.4, -0.2) is 19.9 Å². The lowest BCUT2D eigenvalue weighted by atomic mass is 10.0. The van der Waals surface area contributed by atoms with Gasteiger partial charge in [-0.05, 0) is 36.0 Å². The third-order valence-electron chi connectivity index (χ3n) is 4.16. The molecule has 0 aliphatic rings. The van der Waals surface area contributed by atoms with E-state index >= 15 is 0 Å². The Labute approximate surface area is 157 Å². The van der Waals surface area contributed by atoms with Gasteiger partial charge in [-0.2, -0.15) is 0 Å². The van der Waals surface area contributed by atoms with Gasteiger partial charge in [0.1, 0.15) is 5.65 Å². The summed E-state index contributed by atoms with van der Waals surface area (Å²) in [6.07, 6.45) is 0. The van der Waals surface area contributed by atoms with E-state index in [4.69, 9.17) is 12.2 Å². The lowest BCUT2D eigenvalue weighted by Gasteiger charge is -2.09. The zero-order chi connectivity index (χ0) is 19.0. The molecule has 2 heterocycles. The van der Waals surface area contributed by atoms with Crippen LogP contribution in [0.25, 0.3) is 33.4 Å². The summed E-state index contributed by atoms with van der Waals surface area (Å²) in [5.74, 6) is 0. The second-order valence-corrected chi connectivity index (χ2v) is 6.27. The van der Waals surface area contributed by atoms with Crippen LogP contribution >= 0.6 is 12.2 Å². The summed E-state index contributed by atoms with van der Waals surface area (Å²) in [7, 11) is 0. The highest BCUT2D eigenvalue weighted by Crippen LogP contribution is 2.30. The number of fused-ring (bicyclic) bond motifs is 1. The first-order chi connectivity index (χ1) is 13.0. The first-order valence-corrected chi connectivity index (χ1v) is 8.41. The van der Waals surface area contributed by atoms with Crippen molar-refractivity contribution in [3.8, 4) is 22.4 Å². The van der Waals surface area contributed by atoms with Crippen molar-refractivity contribution in [2.24, 2.45) is 0 Å². The van der Waals surface area contributed by atoms with E-state index in [0.717, 1.165) is 5.56 Å². The summed E-state index contributed by atoms with van der Waals surface area (Å²) in [6.45, 7) is 0. The topological polar surface area (TPSA) is 105 Å². The van der Waals surface area contributed by atoms with Gasteiger partial charge in [-0.3, -0.25) is 19.9 Å². The van der Waals surface area contributed by atoms with Crippen LogP contribution in [0.4, 0.5) is 5.69 Å². The van der Waals surface area contributed by atoms with Crippen LogP contribution in [0.2, 0.25) is 0 Å². The number of pyridine rings is 1. The molecule has 0 atom stereocenters. The normalized spacial score (nSPS) is 10.8. The molecule has 0 radical (unpaired) electrons. The van der Waals surface area contributed by atoms with Crippen molar-refractivity contribution in [1.82, 2.24) is 15.0 Å². The van der Waals surface area contributed by atoms with Crippen LogP contribution in [0, 0.1) is 14.9 Å². The van der Waals surface area contributed by atoms with Crippen LogP contribution in [0.5, 0.6) is 0 Å². The monoisotopic (exact) mass is 376 g/mol. The number of hydrogen-bond acceptors (Lipinski definition) is 5. The Hall–Kier alpha value is -3.65. The number of H-pyrrole nitrogens is 2. The Kier molecular flexibility index (Phi) is 4.09. The van der Waals surface area contributed by atoms with Gasteiger partial charge in [0.2, 0.25) is 0 Å². The molecule has 2 aromatic carbocycles. The fourth-order valence-corrected chi connectivity index (χ4v) is 3.11. The van der Waals surface area contributed by atoms with Crippen LogP contribution < -0.4 is 5.56 Å². The molecular weight excluding hydrogens is 364 g/mol. The van der Waals surface area contributed by atoms with Crippen LogP contribution in [0.3, 0.4) is 0 Å². The molecule has 0 aliphatic heterocycles. The van der Waals surface area contributed by atoms with Crippen molar-refractivity contribution in [1.29, 1.82) is 0 Å². The van der Waals surface area contributed by atoms with Gasteiger partial charge in [-0.15, -0.1) is 0 Å². The Morgan fingerprint density at radius 3 is 2.33 bits per heavy atom. The quantitative estimate of drug-likeness (QED) is 0.316. The molecule has 0 spiro atoms. The van der Waals surface area contributed by atoms with Gasteiger partial charge in [-0.25, -0.2) is 4.98 Å². The highest BCUT2D eigenvalue weighted by Gasteiger charge is 2.14. The van der Waals surface area contributed by atoms with Gasteiger partial charge in [0.05, 0.1) is 16.0 Å². The maximum Gasteiger partial charge on any atom is 0.269 e. The summed E-state index contributed by atoms with van der Waals surface area (Å²) in [4.78, 5) is 32.9. The van der Waals surface area contributed by atoms with Crippen LogP contribution in [0.1, 0.15) is 0 Å². The maximum atomic E-state index is 12.5. The number of nitro groups is 1. The number of aromatic nitrogens is 3. The minimum Gasteiger partial charge on any atom is -0.316 e. The molecule has 0 fully saturated rings. The molecule has 4 aromatic rings. The molecule has 0 aliphatic carbocycles. The Bertz CT molecular complexity index is 1280. The molecule has 0 unspecified atom stereocenters. The molecule has 0 amide bonds. The predicted molar refractivity (Wildman–Crippen MR) is 105 cm³/mol. The van der Waals surface area contributed by atoms with Crippen molar-refractivity contribution < 1.29 is 4.92 Å². The summed E-state index contributed by atoms with van der Waals surface area (Å²) < 4.78 is 0.180. The number of nitro benzene ring substituents is 1. The third-order valence-corrected chi connectivity index (χ3v) is 4.37. The van der Waals surface area contributed by atoms with E-state index in [1.807, 2.05) is 30.3 Å². The third kappa shape index (κ3) is 3.13. The molecule has 2 aromatic heterocycles. The minimum atomic E-state index is -0.455. The summed E-state index contributed by atoms with van der Waals surface area (Å²) >= 11 is 5.07. The maximum absolute atomic E-state index is 12.5. The number of nitrogens with one attached hydrogen (secondary N) is 2. The van der Waals surface area contributed by atoms with Gasteiger partial charge in [0.25, 0.3) is 11.2 Å². The van der Waals surface area contributed by atoms with E-state index in [1.165, 1.54) is 12.1 Å². The van der Waals surface area contributed by atoms with Crippen molar-refractivity contribution in [3.05, 3.63) is 85.9 Å². The number of hydrogen-bond donors (Lipinski definition) is 2. The molecule has 8 heteroatoms. The number of nitrogens with zero attached hydrogens (tertiary/aromatic N) is 2. The summed E-state index contributed by atoms with van der Waals surface area (Å²) in [5.41, 5.74) is 2.85. The van der Waals surface area contributed by atoms with Crippen LogP contribution in [0.15, 0.2) is 65.5 Å². The molecule has 0 saturated carbocycles. The second-order valence-electron chi connectivity index (χ2n) is 5.86. The molecule has 0 bridgehead atoms. The first kappa shape index (κ1) is 16.8. The van der Waals surface area contributed by atoms with Crippen molar-refractivity contribution in [2.75, 3.05) is 0 Å². The summed E-state index contributed by atoms with van der Waals surface area (Å²) in [5, 5.41) is 11.3. The van der Waals surface area contributed by atoms with Gasteiger partial charge >= 0.3 is 0 Å². The molecule has 0 saturated heterocycles. The van der Waals surface area contributed by atoms with E-state index in [0.29, 0.717) is 27.9 Å². The molecular formula is C19H12N4O3S. The predicted octanol–water partition coefficient (Wildman–Crippen LogP) is 4.22. The number of rotatable bonds is 3. The lowest BCUT2D eigenvalue weighted by molar-refractivity contribution is -0.384. The highest BCUT2D eigenvalue weighted by molar-refractivity contribution is 7.71. The largest absolute Gasteiger partial charge is 0.316 e. The van der Waals surface area contributed by atoms with Crippen molar-refractivity contribution >= 4 is 28.9 Å². The Balaban J connectivity index is 2.01. The lowest BCUT2D eigenvalue weighted by Crippen LogP contribution is -2.10. The molecule has 4 rings (SSSR count). The molecule has 27 heavy (non-hydrogen) atoms. The molecule has 7 nitrogen and oxygen atoms in total. The standard InChI is InChI=1S/C19H12N4O3S/c24-18-16-14(11-4-2-1-3-5-11)10-15(20-17(16)21-19(27)22-18)12-6-8-13(9-7-12)23(25)26/h1-10H,(H2,20,21,22,24,27). The van der Waals surface area contributed by atoms with Crippen LogP contribution in [-0.2, 0) is 0 Å². The van der Waals surface area contributed by atoms with Gasteiger partial charge in [0, 0.05) is 23.3 Å². The number of benzene rings is 2. The van der Waals surface area contributed by atoms with Crippen molar-refractivity contribution in [2.45, 2.75) is 0 Å². The van der Waals surface area contributed by atoms with E-state index in [2.05, 4.69) is 15.0 Å². The highest BCUT2D eigenvalue weighted by atomic mass is 32.1.